The molecule has 2 aromatic carbocycles. The summed E-state index contributed by atoms with van der Waals surface area (Å²) < 4.78 is 0.871. The number of aryl methyl sites for hydroxylation is 1. The predicted molar refractivity (Wildman–Crippen MR) is 82.2 cm³/mol. The average Bonchev–Trinajstić information content (AvgIpc) is 2.42. The van der Waals surface area contributed by atoms with Gasteiger partial charge in [0.05, 0.1) is 4.92 Å². The van der Waals surface area contributed by atoms with E-state index in [2.05, 4.69) is 21.2 Å². The van der Waals surface area contributed by atoms with Crippen LogP contribution >= 0.6 is 15.9 Å². The van der Waals surface area contributed by atoms with Gasteiger partial charge in [-0.05, 0) is 36.8 Å². The van der Waals surface area contributed by atoms with Gasteiger partial charge in [-0.3, -0.25) is 10.1 Å². The Kier molecular flexibility index (Phi) is 4.23. The average molecular weight is 351 g/mol. The summed E-state index contributed by atoms with van der Waals surface area (Å²) in [5, 5.41) is 22.9. The minimum absolute atomic E-state index is 0.349. The molecule has 0 amide bonds. The summed E-state index contributed by atoms with van der Waals surface area (Å²) in [6.45, 7) is 1.90. The van der Waals surface area contributed by atoms with Gasteiger partial charge in [-0.2, -0.15) is 0 Å². The van der Waals surface area contributed by atoms with E-state index >= 15 is 0 Å². The number of rotatable bonds is 4. The Hall–Kier alpha value is -2.41. The number of benzene rings is 2. The predicted octanol–water partition coefficient (Wildman–Crippen LogP) is 4.11. The van der Waals surface area contributed by atoms with Crippen LogP contribution in [0.1, 0.15) is 15.9 Å². The molecule has 0 aromatic heterocycles. The number of aromatic carboxylic acids is 1. The molecule has 2 aromatic rings. The summed E-state index contributed by atoms with van der Waals surface area (Å²) in [6, 6.07) is 9.54. The van der Waals surface area contributed by atoms with E-state index in [9.17, 15) is 14.9 Å². The molecule has 0 unspecified atom stereocenters. The zero-order valence-corrected chi connectivity index (χ0v) is 12.5. The first kappa shape index (κ1) is 15.0. The minimum atomic E-state index is -1.34. The van der Waals surface area contributed by atoms with Gasteiger partial charge < -0.3 is 10.4 Å². The normalized spacial score (nSPS) is 10.2. The van der Waals surface area contributed by atoms with E-state index in [0.29, 0.717) is 5.69 Å². The second-order valence-corrected chi connectivity index (χ2v) is 5.29. The Labute approximate surface area is 128 Å². The molecule has 0 bridgehead atoms. The monoisotopic (exact) mass is 350 g/mol. The summed E-state index contributed by atoms with van der Waals surface area (Å²) in [4.78, 5) is 21.2. The summed E-state index contributed by atoms with van der Waals surface area (Å²) >= 11 is 3.35. The van der Waals surface area contributed by atoms with Crippen LogP contribution in [-0.2, 0) is 0 Å². The fourth-order valence-electron chi connectivity index (χ4n) is 1.83. The molecule has 7 heteroatoms. The molecule has 2 rings (SSSR count). The van der Waals surface area contributed by atoms with Crippen molar-refractivity contribution in [2.45, 2.75) is 6.92 Å². The van der Waals surface area contributed by atoms with Crippen molar-refractivity contribution in [3.63, 3.8) is 0 Å². The van der Waals surface area contributed by atoms with E-state index in [1.165, 1.54) is 18.2 Å². The molecule has 21 heavy (non-hydrogen) atoms. The molecule has 0 fully saturated rings. The van der Waals surface area contributed by atoms with E-state index < -0.39 is 16.6 Å². The number of nitrogens with zero attached hydrogens (tertiary/aromatic N) is 1. The molecule has 0 aliphatic carbocycles. The standard InChI is InChI=1S/C14H11BrN2O4/c1-8-2-3-9(15)6-12(8)16-10-4-5-13(17(20)21)11(7-10)14(18)19/h2-7,16H,1H3,(H,18,19). The smallest absolute Gasteiger partial charge is 0.342 e. The van der Waals surface area contributed by atoms with Crippen molar-refractivity contribution in [1.29, 1.82) is 0 Å². The van der Waals surface area contributed by atoms with Crippen molar-refractivity contribution in [2.24, 2.45) is 0 Å². The first-order valence-electron chi connectivity index (χ1n) is 5.93. The second-order valence-electron chi connectivity index (χ2n) is 4.38. The van der Waals surface area contributed by atoms with Gasteiger partial charge in [-0.15, -0.1) is 0 Å². The summed E-state index contributed by atoms with van der Waals surface area (Å²) in [7, 11) is 0. The molecule has 0 saturated carbocycles. The Balaban J connectivity index is 2.41. The second kappa shape index (κ2) is 5.92. The quantitative estimate of drug-likeness (QED) is 0.639. The lowest BCUT2D eigenvalue weighted by Gasteiger charge is -2.10. The number of nitro groups is 1. The highest BCUT2D eigenvalue weighted by Crippen LogP contribution is 2.28. The van der Waals surface area contributed by atoms with Gasteiger partial charge in [-0.25, -0.2) is 4.79 Å². The van der Waals surface area contributed by atoms with Gasteiger partial charge in [0.1, 0.15) is 5.56 Å². The van der Waals surface area contributed by atoms with Crippen molar-refractivity contribution in [3.05, 3.63) is 62.1 Å². The Morgan fingerprint density at radius 2 is 2.00 bits per heavy atom. The molecule has 2 N–H and O–H groups in total. The number of carbonyl (C=O) groups is 1. The van der Waals surface area contributed by atoms with E-state index in [-0.39, 0.29) is 5.56 Å². The van der Waals surface area contributed by atoms with Gasteiger partial charge in [0.25, 0.3) is 5.69 Å². The van der Waals surface area contributed by atoms with Crippen molar-refractivity contribution in [2.75, 3.05) is 5.32 Å². The third-order valence-electron chi connectivity index (χ3n) is 2.90. The van der Waals surface area contributed by atoms with Crippen LogP contribution in [0.5, 0.6) is 0 Å². The van der Waals surface area contributed by atoms with Crippen LogP contribution in [0.25, 0.3) is 0 Å². The van der Waals surface area contributed by atoms with Crippen LogP contribution in [0.2, 0.25) is 0 Å². The highest BCUT2D eigenvalue weighted by molar-refractivity contribution is 9.10. The number of nitro benzene ring substituents is 1. The lowest BCUT2D eigenvalue weighted by atomic mass is 10.1. The number of carboxylic acid groups (broad SMARTS) is 1. The van der Waals surface area contributed by atoms with Crippen molar-refractivity contribution in [3.8, 4) is 0 Å². The van der Waals surface area contributed by atoms with Crippen molar-refractivity contribution in [1.82, 2.24) is 0 Å². The Bertz CT molecular complexity index is 731. The van der Waals surface area contributed by atoms with E-state index in [1.807, 2.05) is 25.1 Å². The molecule has 0 aliphatic rings. The lowest BCUT2D eigenvalue weighted by molar-refractivity contribution is -0.385. The largest absolute Gasteiger partial charge is 0.477 e. The number of halogens is 1. The Morgan fingerprint density at radius 1 is 1.29 bits per heavy atom. The van der Waals surface area contributed by atoms with Crippen molar-refractivity contribution < 1.29 is 14.8 Å². The molecule has 0 atom stereocenters. The van der Waals surface area contributed by atoms with E-state index in [4.69, 9.17) is 5.11 Å². The van der Waals surface area contributed by atoms with Crippen LogP contribution < -0.4 is 5.32 Å². The van der Waals surface area contributed by atoms with Crippen LogP contribution in [-0.4, -0.2) is 16.0 Å². The van der Waals surface area contributed by atoms with Gasteiger partial charge in [0.2, 0.25) is 0 Å². The molecule has 108 valence electrons. The fraction of sp³-hybridized carbons (Fsp3) is 0.0714. The minimum Gasteiger partial charge on any atom is -0.477 e. The molecular formula is C14H11BrN2O4. The van der Waals surface area contributed by atoms with Crippen LogP contribution in [0.15, 0.2) is 40.9 Å². The van der Waals surface area contributed by atoms with Crippen LogP contribution in [0.3, 0.4) is 0 Å². The number of hydrogen-bond donors (Lipinski definition) is 2. The first-order chi connectivity index (χ1) is 9.88. The van der Waals surface area contributed by atoms with E-state index in [1.54, 1.807) is 0 Å². The zero-order chi connectivity index (χ0) is 15.6. The first-order valence-corrected chi connectivity index (χ1v) is 6.72. The van der Waals surface area contributed by atoms with Gasteiger partial charge in [0, 0.05) is 21.9 Å². The molecule has 6 nitrogen and oxygen atoms in total. The number of carboxylic acids is 1. The number of hydrogen-bond acceptors (Lipinski definition) is 4. The fourth-order valence-corrected chi connectivity index (χ4v) is 2.19. The summed E-state index contributed by atoms with van der Waals surface area (Å²) in [6.07, 6.45) is 0. The lowest BCUT2D eigenvalue weighted by Crippen LogP contribution is -2.04. The van der Waals surface area contributed by atoms with Crippen LogP contribution in [0.4, 0.5) is 17.1 Å². The van der Waals surface area contributed by atoms with Crippen molar-refractivity contribution >= 4 is 39.0 Å². The SMILES string of the molecule is Cc1ccc(Br)cc1Nc1ccc([N+](=O)[O-])c(C(=O)O)c1. The topological polar surface area (TPSA) is 92.5 Å². The molecule has 0 saturated heterocycles. The third-order valence-corrected chi connectivity index (χ3v) is 3.40. The van der Waals surface area contributed by atoms with Crippen LogP contribution in [0, 0.1) is 17.0 Å². The maximum absolute atomic E-state index is 11.1. The molecular weight excluding hydrogens is 340 g/mol. The Morgan fingerprint density at radius 3 is 2.62 bits per heavy atom. The highest BCUT2D eigenvalue weighted by atomic mass is 79.9. The van der Waals surface area contributed by atoms with Gasteiger partial charge in [0.15, 0.2) is 0 Å². The van der Waals surface area contributed by atoms with Gasteiger partial charge >= 0.3 is 5.97 Å². The summed E-state index contributed by atoms with van der Waals surface area (Å²) in [5.41, 5.74) is 1.44. The third kappa shape index (κ3) is 3.38. The number of anilines is 2. The molecule has 0 heterocycles. The molecule has 0 aliphatic heterocycles. The number of nitrogens with one attached hydrogen (secondary N) is 1. The zero-order valence-electron chi connectivity index (χ0n) is 11.0. The highest BCUT2D eigenvalue weighted by Gasteiger charge is 2.20. The maximum Gasteiger partial charge on any atom is 0.342 e. The maximum atomic E-state index is 11.1. The molecule has 0 radical (unpaired) electrons. The van der Waals surface area contributed by atoms with E-state index in [0.717, 1.165) is 15.7 Å². The summed E-state index contributed by atoms with van der Waals surface area (Å²) in [5.74, 6) is -1.34. The van der Waals surface area contributed by atoms with Gasteiger partial charge in [-0.1, -0.05) is 22.0 Å². The molecule has 0 spiro atoms.